The van der Waals surface area contributed by atoms with Crippen LogP contribution in [0.15, 0.2) is 53.7 Å². The maximum absolute atomic E-state index is 12.5. The average Bonchev–Trinajstić information content (AvgIpc) is 3.08. The number of carbonyl (C=O) groups is 1. The summed E-state index contributed by atoms with van der Waals surface area (Å²) in [4.78, 5) is 14.8. The quantitative estimate of drug-likeness (QED) is 0.525. The SMILES string of the molecule is CCN(c1ccc(NC(=O)CSc2nnc(C)n2-c2ccccc2C)cc1)C(C)C. The van der Waals surface area contributed by atoms with Gasteiger partial charge in [0.05, 0.1) is 11.4 Å². The molecule has 158 valence electrons. The number of nitrogens with one attached hydrogen (secondary N) is 1. The van der Waals surface area contributed by atoms with Crippen LogP contribution in [0.25, 0.3) is 5.69 Å². The maximum Gasteiger partial charge on any atom is 0.234 e. The Bertz CT molecular complexity index is 997. The highest BCUT2D eigenvalue weighted by atomic mass is 32.2. The first-order valence-electron chi connectivity index (χ1n) is 10.2. The van der Waals surface area contributed by atoms with Crippen LogP contribution in [0.3, 0.4) is 0 Å². The van der Waals surface area contributed by atoms with E-state index in [1.165, 1.54) is 11.8 Å². The summed E-state index contributed by atoms with van der Waals surface area (Å²) in [7, 11) is 0. The number of carbonyl (C=O) groups excluding carboxylic acids is 1. The molecule has 6 nitrogen and oxygen atoms in total. The zero-order chi connectivity index (χ0) is 21.7. The van der Waals surface area contributed by atoms with E-state index in [-0.39, 0.29) is 11.7 Å². The number of benzene rings is 2. The van der Waals surface area contributed by atoms with E-state index in [0.29, 0.717) is 11.2 Å². The van der Waals surface area contributed by atoms with Crippen LogP contribution in [-0.4, -0.2) is 39.0 Å². The fourth-order valence-corrected chi connectivity index (χ4v) is 4.23. The number of aryl methyl sites for hydroxylation is 2. The largest absolute Gasteiger partial charge is 0.369 e. The molecule has 0 saturated carbocycles. The standard InChI is InChI=1S/C23H29N5OS/c1-6-27(16(2)3)20-13-11-19(12-14-20)24-22(29)15-30-23-26-25-18(5)28(23)21-10-8-7-9-17(21)4/h7-14,16H,6,15H2,1-5H3,(H,24,29). The highest BCUT2D eigenvalue weighted by Gasteiger charge is 2.15. The lowest BCUT2D eigenvalue weighted by Gasteiger charge is -2.27. The third-order valence-electron chi connectivity index (χ3n) is 4.93. The van der Waals surface area contributed by atoms with Crippen LogP contribution in [0.4, 0.5) is 11.4 Å². The summed E-state index contributed by atoms with van der Waals surface area (Å²) in [6, 6.07) is 16.5. The van der Waals surface area contributed by atoms with Gasteiger partial charge in [-0.1, -0.05) is 30.0 Å². The number of nitrogens with zero attached hydrogens (tertiary/aromatic N) is 4. The summed E-state index contributed by atoms with van der Waals surface area (Å²) >= 11 is 1.38. The van der Waals surface area contributed by atoms with E-state index >= 15 is 0 Å². The van der Waals surface area contributed by atoms with Gasteiger partial charge in [0.2, 0.25) is 5.91 Å². The minimum Gasteiger partial charge on any atom is -0.369 e. The Kier molecular flexibility index (Phi) is 7.15. The molecule has 7 heteroatoms. The minimum absolute atomic E-state index is 0.0686. The smallest absolute Gasteiger partial charge is 0.234 e. The summed E-state index contributed by atoms with van der Waals surface area (Å²) in [6.45, 7) is 11.4. The van der Waals surface area contributed by atoms with E-state index in [2.05, 4.69) is 54.2 Å². The summed E-state index contributed by atoms with van der Waals surface area (Å²) in [5.41, 5.74) is 4.11. The molecule has 1 aromatic heterocycles. The van der Waals surface area contributed by atoms with Crippen LogP contribution in [0.1, 0.15) is 32.2 Å². The fourth-order valence-electron chi connectivity index (χ4n) is 3.44. The van der Waals surface area contributed by atoms with Crippen molar-refractivity contribution < 1.29 is 4.79 Å². The van der Waals surface area contributed by atoms with Gasteiger partial charge in [-0.3, -0.25) is 9.36 Å². The molecule has 0 bridgehead atoms. The van der Waals surface area contributed by atoms with Crippen molar-refractivity contribution in [3.63, 3.8) is 0 Å². The van der Waals surface area contributed by atoms with Crippen LogP contribution in [0.5, 0.6) is 0 Å². The number of thioether (sulfide) groups is 1. The van der Waals surface area contributed by atoms with Gasteiger partial charge in [-0.25, -0.2) is 0 Å². The highest BCUT2D eigenvalue weighted by molar-refractivity contribution is 7.99. The number of hydrogen-bond acceptors (Lipinski definition) is 5. The first-order chi connectivity index (χ1) is 14.4. The molecule has 0 aliphatic heterocycles. The first-order valence-corrected chi connectivity index (χ1v) is 11.2. The second-order valence-electron chi connectivity index (χ2n) is 7.42. The van der Waals surface area contributed by atoms with E-state index in [1.807, 2.05) is 54.0 Å². The van der Waals surface area contributed by atoms with Crippen LogP contribution in [0.2, 0.25) is 0 Å². The summed E-state index contributed by atoms with van der Waals surface area (Å²) in [5.74, 6) is 0.994. The Morgan fingerprint density at radius 3 is 2.43 bits per heavy atom. The molecule has 30 heavy (non-hydrogen) atoms. The van der Waals surface area contributed by atoms with Crippen molar-refractivity contribution in [2.45, 2.75) is 45.8 Å². The molecule has 1 heterocycles. The van der Waals surface area contributed by atoms with Crippen molar-refractivity contribution in [1.82, 2.24) is 14.8 Å². The van der Waals surface area contributed by atoms with Crippen LogP contribution in [-0.2, 0) is 4.79 Å². The van der Waals surface area contributed by atoms with Crippen molar-refractivity contribution >= 4 is 29.0 Å². The van der Waals surface area contributed by atoms with Crippen LogP contribution >= 0.6 is 11.8 Å². The third-order valence-corrected chi connectivity index (χ3v) is 5.86. The Balaban J connectivity index is 1.64. The number of amides is 1. The zero-order valence-electron chi connectivity index (χ0n) is 18.2. The Morgan fingerprint density at radius 2 is 1.80 bits per heavy atom. The molecule has 0 saturated heterocycles. The molecule has 0 fully saturated rings. The Hall–Kier alpha value is -2.80. The summed E-state index contributed by atoms with van der Waals surface area (Å²) < 4.78 is 1.99. The maximum atomic E-state index is 12.5. The Labute approximate surface area is 182 Å². The van der Waals surface area contributed by atoms with Gasteiger partial charge in [-0.2, -0.15) is 0 Å². The fraction of sp³-hybridized carbons (Fsp3) is 0.348. The first kappa shape index (κ1) is 21.9. The molecule has 0 unspecified atom stereocenters. The lowest BCUT2D eigenvalue weighted by molar-refractivity contribution is -0.113. The predicted molar refractivity (Wildman–Crippen MR) is 125 cm³/mol. The number of para-hydroxylation sites is 1. The molecule has 1 N–H and O–H groups in total. The van der Waals surface area contributed by atoms with E-state index in [0.717, 1.165) is 35.0 Å². The van der Waals surface area contributed by atoms with Gasteiger partial charge < -0.3 is 10.2 Å². The van der Waals surface area contributed by atoms with Gasteiger partial charge in [0, 0.05) is 24.0 Å². The molecule has 2 aromatic carbocycles. The van der Waals surface area contributed by atoms with E-state index in [4.69, 9.17) is 0 Å². The van der Waals surface area contributed by atoms with Gasteiger partial charge >= 0.3 is 0 Å². The number of anilines is 2. The van der Waals surface area contributed by atoms with Gasteiger partial charge in [0.15, 0.2) is 5.16 Å². The summed E-state index contributed by atoms with van der Waals surface area (Å²) in [6.07, 6.45) is 0. The normalized spacial score (nSPS) is 11.0. The topological polar surface area (TPSA) is 63.1 Å². The van der Waals surface area contributed by atoms with E-state index in [9.17, 15) is 4.79 Å². The summed E-state index contributed by atoms with van der Waals surface area (Å²) in [5, 5.41) is 12.1. The minimum atomic E-state index is -0.0686. The monoisotopic (exact) mass is 423 g/mol. The number of rotatable bonds is 8. The molecule has 0 aliphatic rings. The molecule has 3 rings (SSSR count). The lowest BCUT2D eigenvalue weighted by Crippen LogP contribution is -2.30. The van der Waals surface area contributed by atoms with Crippen LogP contribution < -0.4 is 10.2 Å². The molecule has 0 atom stereocenters. The van der Waals surface area contributed by atoms with Gasteiger partial charge in [-0.05, 0) is 70.5 Å². The molecule has 0 spiro atoms. The molecule has 0 aliphatic carbocycles. The second kappa shape index (κ2) is 9.80. The van der Waals surface area contributed by atoms with Crippen molar-refractivity contribution in [3.05, 3.63) is 59.9 Å². The molecular weight excluding hydrogens is 394 g/mol. The van der Waals surface area contributed by atoms with Crippen molar-refractivity contribution in [2.75, 3.05) is 22.5 Å². The van der Waals surface area contributed by atoms with Gasteiger partial charge in [0.25, 0.3) is 0 Å². The lowest BCUT2D eigenvalue weighted by atomic mass is 10.2. The highest BCUT2D eigenvalue weighted by Crippen LogP contribution is 2.24. The number of aromatic nitrogens is 3. The average molecular weight is 424 g/mol. The molecule has 1 amide bonds. The predicted octanol–water partition coefficient (Wildman–Crippen LogP) is 4.85. The van der Waals surface area contributed by atoms with E-state index < -0.39 is 0 Å². The molecule has 0 radical (unpaired) electrons. The number of hydrogen-bond donors (Lipinski definition) is 1. The zero-order valence-corrected chi connectivity index (χ0v) is 19.0. The van der Waals surface area contributed by atoms with Crippen molar-refractivity contribution in [2.24, 2.45) is 0 Å². The molecular formula is C23H29N5OS. The Morgan fingerprint density at radius 1 is 1.10 bits per heavy atom. The molecule has 3 aromatic rings. The van der Waals surface area contributed by atoms with Crippen molar-refractivity contribution in [3.8, 4) is 5.69 Å². The second-order valence-corrected chi connectivity index (χ2v) is 8.36. The van der Waals surface area contributed by atoms with Crippen LogP contribution in [0, 0.1) is 13.8 Å². The van der Waals surface area contributed by atoms with E-state index in [1.54, 1.807) is 0 Å². The van der Waals surface area contributed by atoms with Gasteiger partial charge in [-0.15, -0.1) is 10.2 Å². The third kappa shape index (κ3) is 5.02. The van der Waals surface area contributed by atoms with Crippen molar-refractivity contribution in [1.29, 1.82) is 0 Å². The van der Waals surface area contributed by atoms with Gasteiger partial charge in [0.1, 0.15) is 5.82 Å².